The molecule has 0 saturated carbocycles. The van der Waals surface area contributed by atoms with Gasteiger partial charge in [0.2, 0.25) is 0 Å². The molecule has 0 radical (unpaired) electrons. The Morgan fingerprint density at radius 3 is 2.74 bits per heavy atom. The third kappa shape index (κ3) is 2.85. The maximum atomic E-state index is 14.1. The van der Waals surface area contributed by atoms with Gasteiger partial charge in [-0.1, -0.05) is 23.9 Å². The summed E-state index contributed by atoms with van der Waals surface area (Å²) in [7, 11) is 0. The van der Waals surface area contributed by atoms with E-state index in [0.717, 1.165) is 17.6 Å². The molecule has 1 aromatic carbocycles. The molecule has 0 saturated heterocycles. The number of nitrogens with zero attached hydrogens (tertiary/aromatic N) is 5. The van der Waals surface area contributed by atoms with E-state index in [2.05, 4.69) is 20.1 Å². The second-order valence-electron chi connectivity index (χ2n) is 5.31. The van der Waals surface area contributed by atoms with E-state index in [1.54, 1.807) is 36.3 Å². The molecule has 116 valence electrons. The third-order valence-electron chi connectivity index (χ3n) is 3.70. The van der Waals surface area contributed by atoms with Crippen LogP contribution < -0.4 is 0 Å². The van der Waals surface area contributed by atoms with Gasteiger partial charge in [-0.15, -0.1) is 10.2 Å². The van der Waals surface area contributed by atoms with Crippen LogP contribution in [0, 0.1) is 5.82 Å². The van der Waals surface area contributed by atoms with E-state index >= 15 is 0 Å². The predicted octanol–water partition coefficient (Wildman–Crippen LogP) is 3.00. The summed E-state index contributed by atoms with van der Waals surface area (Å²) in [5.74, 6) is 1.13. The van der Waals surface area contributed by atoms with Crippen molar-refractivity contribution in [1.82, 2.24) is 24.6 Å². The summed E-state index contributed by atoms with van der Waals surface area (Å²) in [5, 5.41) is 9.20. The van der Waals surface area contributed by atoms with E-state index in [-0.39, 0.29) is 5.82 Å². The fraction of sp³-hybridized carbons (Fsp3) is 0.188. The number of thioether (sulfide) groups is 1. The van der Waals surface area contributed by atoms with E-state index in [4.69, 9.17) is 0 Å². The maximum absolute atomic E-state index is 14.1. The number of benzene rings is 1. The molecule has 3 heterocycles. The topological polar surface area (TPSA) is 46.8 Å². The van der Waals surface area contributed by atoms with Crippen molar-refractivity contribution < 1.29 is 4.39 Å². The third-order valence-corrected chi connectivity index (χ3v) is 4.76. The van der Waals surface area contributed by atoms with Gasteiger partial charge < -0.3 is 0 Å². The Morgan fingerprint density at radius 2 is 1.91 bits per heavy atom. The van der Waals surface area contributed by atoms with Crippen LogP contribution in [0.1, 0.15) is 5.56 Å². The van der Waals surface area contributed by atoms with Crippen LogP contribution >= 0.6 is 11.8 Å². The van der Waals surface area contributed by atoms with Crippen LogP contribution in [0.3, 0.4) is 0 Å². The predicted molar refractivity (Wildman–Crippen MR) is 85.9 cm³/mol. The Balaban J connectivity index is 1.62. The average molecular weight is 327 g/mol. The van der Waals surface area contributed by atoms with Crippen molar-refractivity contribution in [3.05, 3.63) is 60.2 Å². The van der Waals surface area contributed by atoms with Crippen LogP contribution in [0.25, 0.3) is 11.4 Å². The number of hydrogen-bond donors (Lipinski definition) is 0. The largest absolute Gasteiger partial charge is 0.288 e. The van der Waals surface area contributed by atoms with Gasteiger partial charge in [-0.25, -0.2) is 4.39 Å². The summed E-state index contributed by atoms with van der Waals surface area (Å²) in [6, 6.07) is 10.7. The van der Waals surface area contributed by atoms with Gasteiger partial charge in [0.15, 0.2) is 11.0 Å². The van der Waals surface area contributed by atoms with Gasteiger partial charge in [0.25, 0.3) is 0 Å². The first-order valence-electron chi connectivity index (χ1n) is 7.23. The minimum atomic E-state index is -0.279. The highest BCUT2D eigenvalue weighted by atomic mass is 32.2. The van der Waals surface area contributed by atoms with Crippen molar-refractivity contribution in [2.24, 2.45) is 0 Å². The molecule has 1 aliphatic heterocycles. The van der Waals surface area contributed by atoms with Crippen molar-refractivity contribution >= 4 is 11.8 Å². The number of aromatic nitrogens is 4. The van der Waals surface area contributed by atoms with Gasteiger partial charge in [-0.3, -0.25) is 14.5 Å². The number of hydrogen-bond acceptors (Lipinski definition) is 5. The molecule has 0 fully saturated rings. The highest BCUT2D eigenvalue weighted by Crippen LogP contribution is 2.30. The lowest BCUT2D eigenvalue weighted by Crippen LogP contribution is -2.30. The van der Waals surface area contributed by atoms with Gasteiger partial charge >= 0.3 is 0 Å². The molecule has 5 nitrogen and oxygen atoms in total. The van der Waals surface area contributed by atoms with Crippen molar-refractivity contribution in [2.45, 2.75) is 18.4 Å². The Labute approximate surface area is 137 Å². The number of halogens is 1. The van der Waals surface area contributed by atoms with Gasteiger partial charge in [-0.2, -0.15) is 0 Å². The molecule has 0 amide bonds. The fourth-order valence-electron chi connectivity index (χ4n) is 2.60. The van der Waals surface area contributed by atoms with Crippen molar-refractivity contribution in [3.8, 4) is 11.4 Å². The van der Waals surface area contributed by atoms with Gasteiger partial charge in [0.05, 0.1) is 18.1 Å². The molecule has 23 heavy (non-hydrogen) atoms. The summed E-state index contributed by atoms with van der Waals surface area (Å²) >= 11 is 1.61. The smallest absolute Gasteiger partial charge is 0.193 e. The van der Waals surface area contributed by atoms with Crippen LogP contribution in [0.2, 0.25) is 0 Å². The Kier molecular flexibility index (Phi) is 3.80. The molecule has 0 spiro atoms. The van der Waals surface area contributed by atoms with E-state index < -0.39 is 0 Å². The number of pyridine rings is 1. The Hall–Kier alpha value is -2.25. The second-order valence-corrected chi connectivity index (χ2v) is 6.23. The Bertz CT molecular complexity index is 820. The summed E-state index contributed by atoms with van der Waals surface area (Å²) in [6.45, 7) is 1.45. The van der Waals surface area contributed by atoms with Crippen LogP contribution in [0.4, 0.5) is 4.39 Å². The SMILES string of the molecule is Fc1ccccc1-c1nnc2n1CN(Cc1ccncc1)CS2. The molecule has 4 rings (SSSR count). The highest BCUT2D eigenvalue weighted by molar-refractivity contribution is 7.99. The standard InChI is InChI=1S/C16H14FN5S/c17-14-4-2-1-3-13(14)15-19-20-16-22(15)10-21(11-23-16)9-12-5-7-18-8-6-12/h1-8H,9-11H2. The molecule has 0 N–H and O–H groups in total. The van der Waals surface area contributed by atoms with Gasteiger partial charge in [0, 0.05) is 18.9 Å². The lowest BCUT2D eigenvalue weighted by molar-refractivity contribution is 0.231. The maximum Gasteiger partial charge on any atom is 0.193 e. The number of rotatable bonds is 3. The van der Waals surface area contributed by atoms with E-state index in [1.807, 2.05) is 22.8 Å². The lowest BCUT2D eigenvalue weighted by Gasteiger charge is -2.27. The van der Waals surface area contributed by atoms with Crippen molar-refractivity contribution in [1.29, 1.82) is 0 Å². The summed E-state index contributed by atoms with van der Waals surface area (Å²) in [4.78, 5) is 6.30. The first-order valence-corrected chi connectivity index (χ1v) is 8.22. The fourth-order valence-corrected chi connectivity index (χ4v) is 3.47. The first-order chi connectivity index (χ1) is 11.3. The normalized spacial score (nSPS) is 14.7. The molecule has 0 unspecified atom stereocenters. The minimum Gasteiger partial charge on any atom is -0.288 e. The molecule has 7 heteroatoms. The average Bonchev–Trinajstić information content (AvgIpc) is 2.99. The summed E-state index contributed by atoms with van der Waals surface area (Å²) in [6.07, 6.45) is 3.59. The molecule has 0 aliphatic carbocycles. The quantitative estimate of drug-likeness (QED) is 0.740. The number of fused-ring (bicyclic) bond motifs is 1. The Morgan fingerprint density at radius 1 is 1.09 bits per heavy atom. The zero-order chi connectivity index (χ0) is 15.6. The highest BCUT2D eigenvalue weighted by Gasteiger charge is 2.23. The molecule has 1 aliphatic rings. The molecular formula is C16H14FN5S. The van der Waals surface area contributed by atoms with Crippen molar-refractivity contribution in [2.75, 3.05) is 5.88 Å². The molecule has 0 bridgehead atoms. The van der Waals surface area contributed by atoms with Gasteiger partial charge in [-0.05, 0) is 29.8 Å². The van der Waals surface area contributed by atoms with E-state index in [1.165, 1.54) is 11.6 Å². The lowest BCUT2D eigenvalue weighted by atomic mass is 10.2. The van der Waals surface area contributed by atoms with Crippen LogP contribution in [0.15, 0.2) is 53.9 Å². The summed E-state index contributed by atoms with van der Waals surface area (Å²) in [5.41, 5.74) is 1.68. The van der Waals surface area contributed by atoms with Crippen LogP contribution in [-0.4, -0.2) is 30.5 Å². The summed E-state index contributed by atoms with van der Waals surface area (Å²) < 4.78 is 16.0. The first kappa shape index (κ1) is 14.3. The van der Waals surface area contributed by atoms with Crippen LogP contribution in [-0.2, 0) is 13.2 Å². The van der Waals surface area contributed by atoms with E-state index in [9.17, 15) is 4.39 Å². The second kappa shape index (κ2) is 6.10. The van der Waals surface area contributed by atoms with Crippen LogP contribution in [0.5, 0.6) is 0 Å². The monoisotopic (exact) mass is 327 g/mol. The molecule has 2 aromatic heterocycles. The van der Waals surface area contributed by atoms with Gasteiger partial charge in [0.1, 0.15) is 5.82 Å². The minimum absolute atomic E-state index is 0.279. The van der Waals surface area contributed by atoms with E-state index in [0.29, 0.717) is 18.1 Å². The van der Waals surface area contributed by atoms with Crippen molar-refractivity contribution in [3.63, 3.8) is 0 Å². The molecule has 3 aromatic rings. The molecule has 0 atom stereocenters. The zero-order valence-electron chi connectivity index (χ0n) is 12.3. The molecular weight excluding hydrogens is 313 g/mol. The zero-order valence-corrected chi connectivity index (χ0v) is 13.1.